The van der Waals surface area contributed by atoms with Gasteiger partial charge in [0.1, 0.15) is 6.61 Å². The summed E-state index contributed by atoms with van der Waals surface area (Å²) >= 11 is 1.49. The van der Waals surface area contributed by atoms with Gasteiger partial charge in [-0.1, -0.05) is 48.5 Å². The summed E-state index contributed by atoms with van der Waals surface area (Å²) in [6.07, 6.45) is -1.67. The molecule has 2 aromatic carbocycles. The average Bonchev–Trinajstić information content (AvgIpc) is 2.64. The van der Waals surface area contributed by atoms with Crippen molar-refractivity contribution in [3.63, 3.8) is 0 Å². The first-order valence-corrected chi connectivity index (χ1v) is 8.61. The number of amides is 1. The molecule has 0 fully saturated rings. The average molecular weight is 347 g/mol. The van der Waals surface area contributed by atoms with E-state index in [2.05, 4.69) is 5.32 Å². The third kappa shape index (κ3) is 6.23. The molecule has 0 aromatic heterocycles. The van der Waals surface area contributed by atoms with Crippen LogP contribution in [0.15, 0.2) is 65.6 Å². The second-order valence-corrected chi connectivity index (χ2v) is 6.28. The van der Waals surface area contributed by atoms with E-state index in [9.17, 15) is 15.0 Å². The Morgan fingerprint density at radius 3 is 2.33 bits per heavy atom. The molecule has 1 unspecified atom stereocenters. The molecule has 0 spiro atoms. The number of aliphatic hydroxyl groups is 2. The topological polar surface area (TPSA) is 78.8 Å². The van der Waals surface area contributed by atoms with Crippen molar-refractivity contribution in [1.29, 1.82) is 0 Å². The summed E-state index contributed by atoms with van der Waals surface area (Å²) in [5, 5.41) is 21.7. The molecule has 0 aliphatic carbocycles. The Kier molecular flexibility index (Phi) is 7.61. The molecule has 2 aromatic rings. The summed E-state index contributed by atoms with van der Waals surface area (Å²) in [4.78, 5) is 12.9. The summed E-state index contributed by atoms with van der Waals surface area (Å²) in [6, 6.07) is 18.4. The highest BCUT2D eigenvalue weighted by Crippen LogP contribution is 2.19. The number of benzene rings is 2. The lowest BCUT2D eigenvalue weighted by Gasteiger charge is -2.22. The fourth-order valence-electron chi connectivity index (χ4n) is 2.00. The predicted octanol–water partition coefficient (Wildman–Crippen LogP) is 2.43. The molecule has 2 rings (SSSR count). The van der Waals surface area contributed by atoms with Crippen LogP contribution in [-0.2, 0) is 11.3 Å². The van der Waals surface area contributed by atoms with Crippen LogP contribution in [0.2, 0.25) is 0 Å². The lowest BCUT2D eigenvalue weighted by Crippen LogP contribution is -2.46. The fourth-order valence-corrected chi connectivity index (χ4v) is 3.02. The highest BCUT2D eigenvalue weighted by Gasteiger charge is 2.21. The van der Waals surface area contributed by atoms with E-state index >= 15 is 0 Å². The number of carbonyl (C=O) groups is 1. The maximum absolute atomic E-state index is 11.9. The summed E-state index contributed by atoms with van der Waals surface area (Å²) in [5.74, 6) is 0.423. The molecule has 3 N–H and O–H groups in total. The number of rotatable bonds is 8. The van der Waals surface area contributed by atoms with Gasteiger partial charge in [0.15, 0.2) is 0 Å². The first kappa shape index (κ1) is 18.3. The highest BCUT2D eigenvalue weighted by molar-refractivity contribution is 7.99. The van der Waals surface area contributed by atoms with E-state index in [0.29, 0.717) is 5.75 Å². The summed E-state index contributed by atoms with van der Waals surface area (Å²) in [6.45, 7) is -0.278. The number of thioether (sulfide) groups is 1. The van der Waals surface area contributed by atoms with Crippen molar-refractivity contribution < 1.29 is 19.7 Å². The summed E-state index contributed by atoms with van der Waals surface area (Å²) in [5.41, 5.74) is 0.880. The van der Waals surface area contributed by atoms with Crippen molar-refractivity contribution in [3.05, 3.63) is 66.2 Å². The third-order valence-electron chi connectivity index (χ3n) is 3.34. The largest absolute Gasteiger partial charge is 0.445 e. The van der Waals surface area contributed by atoms with Crippen molar-refractivity contribution in [2.45, 2.75) is 23.6 Å². The Morgan fingerprint density at radius 1 is 1.08 bits per heavy atom. The van der Waals surface area contributed by atoms with Crippen LogP contribution >= 0.6 is 11.8 Å². The zero-order valence-electron chi connectivity index (χ0n) is 13.2. The van der Waals surface area contributed by atoms with E-state index < -0.39 is 24.8 Å². The van der Waals surface area contributed by atoms with Crippen LogP contribution < -0.4 is 5.32 Å². The Bertz CT molecular complexity index is 609. The Labute approximate surface area is 145 Å². The fraction of sp³-hybridized carbons (Fsp3) is 0.278. The molecule has 2 atom stereocenters. The first-order valence-electron chi connectivity index (χ1n) is 7.63. The molecule has 0 aliphatic heterocycles. The van der Waals surface area contributed by atoms with Gasteiger partial charge in [-0.05, 0) is 17.7 Å². The van der Waals surface area contributed by atoms with Gasteiger partial charge in [0.2, 0.25) is 0 Å². The first-order chi connectivity index (χ1) is 11.7. The molecule has 24 heavy (non-hydrogen) atoms. The highest BCUT2D eigenvalue weighted by atomic mass is 32.2. The van der Waals surface area contributed by atoms with Gasteiger partial charge in [0.05, 0.1) is 18.8 Å². The van der Waals surface area contributed by atoms with Gasteiger partial charge < -0.3 is 20.3 Å². The minimum atomic E-state index is -1.05. The second kappa shape index (κ2) is 9.97. The number of hydrogen-bond acceptors (Lipinski definition) is 5. The lowest BCUT2D eigenvalue weighted by atomic mass is 10.2. The molecule has 0 radical (unpaired) electrons. The van der Waals surface area contributed by atoms with Gasteiger partial charge in [-0.3, -0.25) is 0 Å². The molecule has 0 saturated heterocycles. The van der Waals surface area contributed by atoms with Crippen LogP contribution in [0.3, 0.4) is 0 Å². The van der Waals surface area contributed by atoms with Crippen molar-refractivity contribution >= 4 is 17.9 Å². The zero-order chi connectivity index (χ0) is 17.2. The van der Waals surface area contributed by atoms with E-state index in [0.717, 1.165) is 10.5 Å². The maximum atomic E-state index is 11.9. The van der Waals surface area contributed by atoms with Crippen molar-refractivity contribution in [1.82, 2.24) is 5.32 Å². The van der Waals surface area contributed by atoms with E-state index in [1.807, 2.05) is 60.7 Å². The van der Waals surface area contributed by atoms with Gasteiger partial charge in [0.25, 0.3) is 0 Å². The molecule has 128 valence electrons. The Balaban J connectivity index is 1.84. The summed E-state index contributed by atoms with van der Waals surface area (Å²) in [7, 11) is 0. The molecular formula is C18H21NO4S. The normalized spacial score (nSPS) is 13.1. The smallest absolute Gasteiger partial charge is 0.407 e. The molecule has 0 heterocycles. The van der Waals surface area contributed by atoms with Gasteiger partial charge in [-0.2, -0.15) is 0 Å². The van der Waals surface area contributed by atoms with E-state index in [-0.39, 0.29) is 6.61 Å². The molecule has 5 nitrogen and oxygen atoms in total. The zero-order valence-corrected chi connectivity index (χ0v) is 14.0. The molecule has 0 saturated carbocycles. The Morgan fingerprint density at radius 2 is 1.71 bits per heavy atom. The van der Waals surface area contributed by atoms with Crippen molar-refractivity contribution in [2.75, 3.05) is 12.4 Å². The quantitative estimate of drug-likeness (QED) is 0.639. The number of carbonyl (C=O) groups excluding carboxylic acids is 1. The van der Waals surface area contributed by atoms with E-state index in [1.165, 1.54) is 11.8 Å². The Hall–Kier alpha value is -2.02. The SMILES string of the molecule is O=C(NC(CSc1ccccc1)[C@@H](O)CO)OCc1ccccc1. The monoisotopic (exact) mass is 347 g/mol. The van der Waals surface area contributed by atoms with Gasteiger partial charge in [-0.15, -0.1) is 11.8 Å². The van der Waals surface area contributed by atoms with Gasteiger partial charge >= 0.3 is 6.09 Å². The number of ether oxygens (including phenoxy) is 1. The van der Waals surface area contributed by atoms with Crippen LogP contribution in [0.5, 0.6) is 0 Å². The molecule has 1 amide bonds. The summed E-state index contributed by atoms with van der Waals surface area (Å²) < 4.78 is 5.15. The molecular weight excluding hydrogens is 326 g/mol. The van der Waals surface area contributed by atoms with Crippen LogP contribution in [-0.4, -0.2) is 40.8 Å². The standard InChI is InChI=1S/C18H21NO4S/c20-11-17(21)16(13-24-15-9-5-2-6-10-15)19-18(22)23-12-14-7-3-1-4-8-14/h1-10,16-17,20-21H,11-13H2,(H,19,22)/t16?,17-/m0/s1. The van der Waals surface area contributed by atoms with Crippen LogP contribution in [0.1, 0.15) is 5.56 Å². The van der Waals surface area contributed by atoms with Crippen LogP contribution in [0.25, 0.3) is 0 Å². The molecule has 6 heteroatoms. The number of hydrogen-bond donors (Lipinski definition) is 3. The van der Waals surface area contributed by atoms with Crippen LogP contribution in [0, 0.1) is 0 Å². The lowest BCUT2D eigenvalue weighted by molar-refractivity contribution is 0.0637. The third-order valence-corrected chi connectivity index (χ3v) is 4.47. The predicted molar refractivity (Wildman–Crippen MR) is 93.8 cm³/mol. The van der Waals surface area contributed by atoms with Gasteiger partial charge in [0, 0.05) is 10.6 Å². The molecule has 0 aliphatic rings. The van der Waals surface area contributed by atoms with Crippen molar-refractivity contribution in [2.24, 2.45) is 0 Å². The minimum absolute atomic E-state index is 0.153. The van der Waals surface area contributed by atoms with Crippen molar-refractivity contribution in [3.8, 4) is 0 Å². The minimum Gasteiger partial charge on any atom is -0.445 e. The maximum Gasteiger partial charge on any atom is 0.407 e. The number of nitrogens with one attached hydrogen (secondary N) is 1. The second-order valence-electron chi connectivity index (χ2n) is 5.19. The molecule has 0 bridgehead atoms. The van der Waals surface area contributed by atoms with E-state index in [4.69, 9.17) is 4.74 Å². The number of alkyl carbamates (subject to hydrolysis) is 1. The number of aliphatic hydroxyl groups excluding tert-OH is 2. The van der Waals surface area contributed by atoms with Crippen LogP contribution in [0.4, 0.5) is 4.79 Å². The van der Waals surface area contributed by atoms with Gasteiger partial charge in [-0.25, -0.2) is 4.79 Å². The van der Waals surface area contributed by atoms with E-state index in [1.54, 1.807) is 0 Å².